The quantitative estimate of drug-likeness (QED) is 0.829. The highest BCUT2D eigenvalue weighted by molar-refractivity contribution is 5.77. The monoisotopic (exact) mass is 265 g/mol. The second-order valence-corrected chi connectivity index (χ2v) is 5.13. The number of ether oxygens (including phenoxy) is 1. The van der Waals surface area contributed by atoms with E-state index in [0.717, 1.165) is 5.56 Å². The number of benzene rings is 1. The molecule has 1 amide bonds. The summed E-state index contributed by atoms with van der Waals surface area (Å²) in [5.74, 6) is 0.895. The Balaban J connectivity index is 2.42. The van der Waals surface area contributed by atoms with Crippen LogP contribution in [0, 0.1) is 5.92 Å². The number of nitrogens with one attached hydrogen (secondary N) is 1. The summed E-state index contributed by atoms with van der Waals surface area (Å²) in [7, 11) is 0. The van der Waals surface area contributed by atoms with Crippen LogP contribution in [0.15, 0.2) is 24.3 Å². The van der Waals surface area contributed by atoms with Crippen molar-refractivity contribution in [2.75, 3.05) is 6.61 Å². The number of amides is 1. The molecule has 4 heteroatoms. The van der Waals surface area contributed by atoms with Crippen molar-refractivity contribution in [1.82, 2.24) is 5.32 Å². The first-order chi connectivity index (χ1) is 8.90. The molecule has 1 aromatic carbocycles. The lowest BCUT2D eigenvalue weighted by Gasteiger charge is -2.17. The Morgan fingerprint density at radius 1 is 1.21 bits per heavy atom. The molecule has 0 saturated carbocycles. The van der Waals surface area contributed by atoms with Gasteiger partial charge in [-0.1, -0.05) is 26.0 Å². The summed E-state index contributed by atoms with van der Waals surface area (Å²) in [5.41, 5.74) is 0.824. The van der Waals surface area contributed by atoms with Gasteiger partial charge in [-0.25, -0.2) is 0 Å². The van der Waals surface area contributed by atoms with Crippen LogP contribution in [0.5, 0.6) is 5.75 Å². The van der Waals surface area contributed by atoms with E-state index in [0.29, 0.717) is 11.7 Å². The zero-order chi connectivity index (χ0) is 14.4. The van der Waals surface area contributed by atoms with Crippen molar-refractivity contribution < 1.29 is 14.6 Å². The molecular weight excluding hydrogens is 242 g/mol. The number of aliphatic hydroxyl groups is 1. The van der Waals surface area contributed by atoms with Crippen molar-refractivity contribution in [2.45, 2.75) is 39.8 Å². The topological polar surface area (TPSA) is 58.6 Å². The smallest absolute Gasteiger partial charge is 0.258 e. The number of aliphatic hydroxyl groups excluding tert-OH is 1. The Labute approximate surface area is 114 Å². The van der Waals surface area contributed by atoms with Crippen molar-refractivity contribution in [3.05, 3.63) is 29.8 Å². The summed E-state index contributed by atoms with van der Waals surface area (Å²) in [6, 6.07) is 7.21. The van der Waals surface area contributed by atoms with Gasteiger partial charge in [-0.2, -0.15) is 0 Å². The van der Waals surface area contributed by atoms with Gasteiger partial charge in [0.2, 0.25) is 0 Å². The minimum absolute atomic E-state index is 0.00504. The van der Waals surface area contributed by atoms with Crippen molar-refractivity contribution in [2.24, 2.45) is 5.92 Å². The number of hydrogen-bond donors (Lipinski definition) is 2. The van der Waals surface area contributed by atoms with Crippen LogP contribution in [0.2, 0.25) is 0 Å². The average Bonchev–Trinajstić information content (AvgIpc) is 2.36. The molecule has 19 heavy (non-hydrogen) atoms. The third-order valence-corrected chi connectivity index (χ3v) is 3.12. The Morgan fingerprint density at radius 2 is 1.79 bits per heavy atom. The van der Waals surface area contributed by atoms with Gasteiger partial charge in [-0.3, -0.25) is 4.79 Å². The highest BCUT2D eigenvalue weighted by Gasteiger charge is 2.11. The molecule has 4 nitrogen and oxygen atoms in total. The minimum Gasteiger partial charge on any atom is -0.484 e. The molecule has 0 aliphatic carbocycles. The van der Waals surface area contributed by atoms with Gasteiger partial charge in [0.05, 0.1) is 6.10 Å². The van der Waals surface area contributed by atoms with E-state index in [1.165, 1.54) is 0 Å². The number of hydrogen-bond acceptors (Lipinski definition) is 3. The highest BCUT2D eigenvalue weighted by Crippen LogP contribution is 2.17. The lowest BCUT2D eigenvalue weighted by atomic mass is 10.1. The SMILES string of the molecule is CC(O)c1ccc(OCC(=O)NC(C)C(C)C)cc1. The lowest BCUT2D eigenvalue weighted by Crippen LogP contribution is -2.38. The summed E-state index contributed by atoms with van der Waals surface area (Å²) < 4.78 is 5.39. The molecule has 0 saturated heterocycles. The van der Waals surface area contributed by atoms with Gasteiger partial charge >= 0.3 is 0 Å². The first-order valence-corrected chi connectivity index (χ1v) is 6.60. The average molecular weight is 265 g/mol. The molecule has 2 atom stereocenters. The fourth-order valence-corrected chi connectivity index (χ4v) is 1.45. The zero-order valence-electron chi connectivity index (χ0n) is 12.0. The van der Waals surface area contributed by atoms with Crippen LogP contribution in [-0.2, 0) is 4.79 Å². The maximum absolute atomic E-state index is 11.6. The van der Waals surface area contributed by atoms with Crippen LogP contribution in [-0.4, -0.2) is 23.7 Å². The predicted octanol–water partition coefficient (Wildman–Crippen LogP) is 2.28. The van der Waals surface area contributed by atoms with E-state index in [9.17, 15) is 9.90 Å². The van der Waals surface area contributed by atoms with E-state index in [1.807, 2.05) is 6.92 Å². The molecule has 1 rings (SSSR count). The number of carbonyl (C=O) groups is 1. The van der Waals surface area contributed by atoms with Gasteiger partial charge in [0, 0.05) is 6.04 Å². The van der Waals surface area contributed by atoms with E-state index >= 15 is 0 Å². The Hall–Kier alpha value is -1.55. The van der Waals surface area contributed by atoms with Crippen molar-refractivity contribution in [3.63, 3.8) is 0 Å². The van der Waals surface area contributed by atoms with Gasteiger partial charge in [0.15, 0.2) is 6.61 Å². The molecular formula is C15H23NO3. The Bertz CT molecular complexity index is 398. The Kier molecular flexibility index (Phi) is 5.83. The van der Waals surface area contributed by atoms with Crippen LogP contribution in [0.3, 0.4) is 0 Å². The summed E-state index contributed by atoms with van der Waals surface area (Å²) in [6.45, 7) is 7.79. The minimum atomic E-state index is -0.496. The molecule has 0 aromatic heterocycles. The zero-order valence-corrected chi connectivity index (χ0v) is 12.0. The third-order valence-electron chi connectivity index (χ3n) is 3.12. The fraction of sp³-hybridized carbons (Fsp3) is 0.533. The fourth-order valence-electron chi connectivity index (χ4n) is 1.45. The molecule has 0 aliphatic rings. The van der Waals surface area contributed by atoms with Crippen LogP contribution in [0.1, 0.15) is 39.4 Å². The van der Waals surface area contributed by atoms with Gasteiger partial charge in [-0.05, 0) is 37.5 Å². The molecule has 0 bridgehead atoms. The van der Waals surface area contributed by atoms with Gasteiger partial charge < -0.3 is 15.2 Å². The number of carbonyl (C=O) groups excluding carboxylic acids is 1. The van der Waals surface area contributed by atoms with Crippen LogP contribution < -0.4 is 10.1 Å². The maximum atomic E-state index is 11.6. The summed E-state index contributed by atoms with van der Waals surface area (Å²) in [4.78, 5) is 11.6. The first kappa shape index (κ1) is 15.5. The summed E-state index contributed by atoms with van der Waals surface area (Å²) >= 11 is 0. The van der Waals surface area contributed by atoms with Crippen LogP contribution in [0.25, 0.3) is 0 Å². The predicted molar refractivity (Wildman–Crippen MR) is 75.0 cm³/mol. The van der Waals surface area contributed by atoms with E-state index in [2.05, 4.69) is 19.2 Å². The molecule has 2 unspecified atom stereocenters. The molecule has 0 fully saturated rings. The molecule has 0 heterocycles. The van der Waals surface area contributed by atoms with E-state index < -0.39 is 6.10 Å². The van der Waals surface area contributed by atoms with Gasteiger partial charge in [-0.15, -0.1) is 0 Å². The Morgan fingerprint density at radius 3 is 2.26 bits per heavy atom. The second kappa shape index (κ2) is 7.14. The molecule has 0 spiro atoms. The molecule has 0 radical (unpaired) electrons. The van der Waals surface area contributed by atoms with Crippen molar-refractivity contribution in [1.29, 1.82) is 0 Å². The van der Waals surface area contributed by atoms with Gasteiger partial charge in [0.1, 0.15) is 5.75 Å². The normalized spacial score (nSPS) is 14.0. The van der Waals surface area contributed by atoms with Crippen LogP contribution >= 0.6 is 0 Å². The molecule has 0 aliphatic heterocycles. The lowest BCUT2D eigenvalue weighted by molar-refractivity contribution is -0.124. The van der Waals surface area contributed by atoms with Crippen LogP contribution in [0.4, 0.5) is 0 Å². The number of rotatable bonds is 6. The van der Waals surface area contributed by atoms with E-state index in [1.54, 1.807) is 31.2 Å². The standard InChI is InChI=1S/C15H23NO3/c1-10(2)11(3)16-15(18)9-19-14-7-5-13(6-8-14)12(4)17/h5-8,10-12,17H,9H2,1-4H3,(H,16,18). The highest BCUT2D eigenvalue weighted by atomic mass is 16.5. The maximum Gasteiger partial charge on any atom is 0.258 e. The third kappa shape index (κ3) is 5.30. The largest absolute Gasteiger partial charge is 0.484 e. The first-order valence-electron chi connectivity index (χ1n) is 6.60. The molecule has 106 valence electrons. The second-order valence-electron chi connectivity index (χ2n) is 5.13. The van der Waals surface area contributed by atoms with Gasteiger partial charge in [0.25, 0.3) is 5.91 Å². The van der Waals surface area contributed by atoms with E-state index in [-0.39, 0.29) is 18.6 Å². The summed E-state index contributed by atoms with van der Waals surface area (Å²) in [6.07, 6.45) is -0.496. The van der Waals surface area contributed by atoms with E-state index in [4.69, 9.17) is 4.74 Å². The molecule has 2 N–H and O–H groups in total. The summed E-state index contributed by atoms with van der Waals surface area (Å²) in [5, 5.41) is 12.3. The van der Waals surface area contributed by atoms with Crippen molar-refractivity contribution in [3.8, 4) is 5.75 Å². The molecule has 1 aromatic rings. The van der Waals surface area contributed by atoms with Crippen molar-refractivity contribution >= 4 is 5.91 Å².